The minimum Gasteiger partial charge on any atom is -0.489 e. The van der Waals surface area contributed by atoms with Gasteiger partial charge in [-0.2, -0.15) is 0 Å². The number of carbonyl (C=O) groups excluding carboxylic acids is 1. The van der Waals surface area contributed by atoms with Gasteiger partial charge in [-0.05, 0) is 24.6 Å². The van der Waals surface area contributed by atoms with E-state index < -0.39 is 0 Å². The van der Waals surface area contributed by atoms with Gasteiger partial charge in [0.15, 0.2) is 5.17 Å². The van der Waals surface area contributed by atoms with Crippen LogP contribution in [-0.4, -0.2) is 22.8 Å². The lowest BCUT2D eigenvalue weighted by Crippen LogP contribution is -2.50. The number of hydrogen-bond donors (Lipinski definition) is 1. The summed E-state index contributed by atoms with van der Waals surface area (Å²) >= 11 is 5.14. The van der Waals surface area contributed by atoms with Gasteiger partial charge >= 0.3 is 0 Å². The van der Waals surface area contributed by atoms with E-state index in [0.29, 0.717) is 18.0 Å². The highest BCUT2D eigenvalue weighted by atomic mass is 79.9. The van der Waals surface area contributed by atoms with Crippen LogP contribution in [0.1, 0.15) is 24.8 Å². The molecule has 3 atom stereocenters. The second kappa shape index (κ2) is 4.74. The van der Waals surface area contributed by atoms with E-state index in [4.69, 9.17) is 15.5 Å². The van der Waals surface area contributed by atoms with Crippen LogP contribution in [0.15, 0.2) is 27.7 Å². The molecular weight excluding hydrogens is 352 g/mol. The summed E-state index contributed by atoms with van der Waals surface area (Å²) in [5, 5.41) is 0.637. The second-order valence-corrected chi connectivity index (χ2v) is 7.76. The van der Waals surface area contributed by atoms with Crippen molar-refractivity contribution < 1.29 is 9.53 Å². The fourth-order valence-electron chi connectivity index (χ4n) is 3.72. The number of hydrogen-bond acceptors (Lipinski definition) is 5. The van der Waals surface area contributed by atoms with E-state index in [1.807, 2.05) is 12.1 Å². The van der Waals surface area contributed by atoms with E-state index in [9.17, 15) is 4.79 Å². The lowest BCUT2D eigenvalue weighted by atomic mass is 9.68. The monoisotopic (exact) mass is 366 g/mol. The zero-order valence-electron chi connectivity index (χ0n) is 11.3. The molecule has 2 heterocycles. The molecule has 2 N–H and O–H groups in total. The fraction of sp³-hybridized carbons (Fsp3) is 0.467. The molecule has 1 unspecified atom stereocenters. The predicted molar refractivity (Wildman–Crippen MR) is 86.7 cm³/mol. The van der Waals surface area contributed by atoms with Crippen molar-refractivity contribution >= 4 is 38.6 Å². The number of rotatable bonds is 0. The van der Waals surface area contributed by atoms with Crippen molar-refractivity contribution in [2.45, 2.75) is 30.9 Å². The van der Waals surface area contributed by atoms with Gasteiger partial charge in [-0.3, -0.25) is 4.79 Å². The normalized spacial score (nSPS) is 34.1. The number of halogens is 1. The van der Waals surface area contributed by atoms with Gasteiger partial charge in [-0.1, -0.05) is 27.7 Å². The summed E-state index contributed by atoms with van der Waals surface area (Å²) in [5.41, 5.74) is 6.74. The summed E-state index contributed by atoms with van der Waals surface area (Å²) in [6.07, 6.45) is 1.86. The topological polar surface area (TPSA) is 64.7 Å². The summed E-state index contributed by atoms with van der Waals surface area (Å²) in [7, 11) is 0. The molecule has 3 aliphatic rings. The maximum Gasteiger partial charge on any atom is 0.154 e. The van der Waals surface area contributed by atoms with Crippen molar-refractivity contribution in [2.24, 2.45) is 16.6 Å². The molecule has 6 heteroatoms. The first-order chi connectivity index (χ1) is 10.1. The Labute approximate surface area is 135 Å². The lowest BCUT2D eigenvalue weighted by molar-refractivity contribution is -0.125. The van der Waals surface area contributed by atoms with Gasteiger partial charge in [-0.25, -0.2) is 4.99 Å². The highest BCUT2D eigenvalue weighted by Gasteiger charge is 2.54. The zero-order valence-corrected chi connectivity index (χ0v) is 13.7. The molecule has 0 bridgehead atoms. The number of Topliss-reactive ketones (excluding diaryl/α,β-unsaturated/α-hetero) is 1. The molecule has 2 aliphatic heterocycles. The van der Waals surface area contributed by atoms with Gasteiger partial charge in [0, 0.05) is 34.5 Å². The van der Waals surface area contributed by atoms with E-state index in [1.165, 1.54) is 0 Å². The van der Waals surface area contributed by atoms with Gasteiger partial charge in [-0.15, -0.1) is 0 Å². The average molecular weight is 367 g/mol. The number of ether oxygens (including phenoxy) is 1. The first-order valence-electron chi connectivity index (χ1n) is 7.05. The number of thioether (sulfide) groups is 1. The molecule has 0 saturated heterocycles. The number of aliphatic imine (C=N–C) groups is 1. The number of carbonyl (C=O) groups is 1. The number of nitrogens with zero attached hydrogens (tertiary/aromatic N) is 1. The quantitative estimate of drug-likeness (QED) is 0.766. The van der Waals surface area contributed by atoms with Crippen LogP contribution in [0.4, 0.5) is 0 Å². The Morgan fingerprint density at radius 2 is 2.33 bits per heavy atom. The number of nitrogens with two attached hydrogens (primary N) is 1. The predicted octanol–water partition coefficient (Wildman–Crippen LogP) is 2.84. The smallest absolute Gasteiger partial charge is 0.154 e. The van der Waals surface area contributed by atoms with Gasteiger partial charge in [0.2, 0.25) is 0 Å². The number of amidine groups is 1. The largest absolute Gasteiger partial charge is 0.489 e. The Hall–Kier alpha value is -1.01. The average Bonchev–Trinajstić information content (AvgIpc) is 2.83. The standard InChI is InChI=1S/C15H15BrN2O2S/c16-8-1-4-12-11(5-8)15(7-21-14(17)18-15)10-3-2-9(19)6-13(10)20-12/h1,4-5,10,13H,2-3,6-7H2,(H2,17,18)/t10-,13-,15?/m0/s1. The van der Waals surface area contributed by atoms with Crippen molar-refractivity contribution in [2.75, 3.05) is 5.75 Å². The Kier molecular flexibility index (Phi) is 3.08. The molecule has 21 heavy (non-hydrogen) atoms. The molecule has 1 saturated carbocycles. The molecule has 4 nitrogen and oxygen atoms in total. The SMILES string of the molecule is NC1=NC2(CS1)c1cc(Br)ccc1O[C@H]1CC(=O)CC[C@@H]12. The minimum atomic E-state index is -0.336. The second-order valence-electron chi connectivity index (χ2n) is 5.85. The molecule has 0 radical (unpaired) electrons. The van der Waals surface area contributed by atoms with E-state index in [2.05, 4.69) is 22.0 Å². The number of ketones is 1. The Morgan fingerprint density at radius 3 is 3.10 bits per heavy atom. The van der Waals surface area contributed by atoms with E-state index in [0.717, 1.165) is 28.0 Å². The van der Waals surface area contributed by atoms with Crippen LogP contribution < -0.4 is 10.5 Å². The third kappa shape index (κ3) is 2.03. The highest BCUT2D eigenvalue weighted by Crippen LogP contribution is 2.54. The summed E-state index contributed by atoms with van der Waals surface area (Å²) in [6.45, 7) is 0. The van der Waals surface area contributed by atoms with Gasteiger partial charge in [0.1, 0.15) is 23.2 Å². The van der Waals surface area contributed by atoms with Crippen LogP contribution in [0.25, 0.3) is 0 Å². The summed E-state index contributed by atoms with van der Waals surface area (Å²) < 4.78 is 7.14. The van der Waals surface area contributed by atoms with Crippen LogP contribution in [0.3, 0.4) is 0 Å². The Morgan fingerprint density at radius 1 is 1.48 bits per heavy atom. The summed E-state index contributed by atoms with van der Waals surface area (Å²) in [5.74, 6) is 2.19. The van der Waals surface area contributed by atoms with Crippen LogP contribution >= 0.6 is 27.7 Å². The van der Waals surface area contributed by atoms with Crippen LogP contribution in [0, 0.1) is 5.92 Å². The minimum absolute atomic E-state index is 0.0739. The van der Waals surface area contributed by atoms with Crippen LogP contribution in [0.5, 0.6) is 5.75 Å². The third-order valence-electron chi connectivity index (χ3n) is 4.66. The van der Waals surface area contributed by atoms with Crippen molar-refractivity contribution in [1.29, 1.82) is 0 Å². The zero-order chi connectivity index (χ0) is 14.6. The van der Waals surface area contributed by atoms with E-state index in [1.54, 1.807) is 11.8 Å². The fourth-order valence-corrected chi connectivity index (χ4v) is 5.11. The van der Waals surface area contributed by atoms with Crippen LogP contribution in [0.2, 0.25) is 0 Å². The highest BCUT2D eigenvalue weighted by molar-refractivity contribution is 9.10. The molecular formula is C15H15BrN2O2S. The van der Waals surface area contributed by atoms with Crippen molar-refractivity contribution in [3.63, 3.8) is 0 Å². The summed E-state index contributed by atoms with van der Waals surface area (Å²) in [4.78, 5) is 16.6. The van der Waals surface area contributed by atoms with Gasteiger partial charge < -0.3 is 10.5 Å². The summed E-state index contributed by atoms with van der Waals surface area (Å²) in [6, 6.07) is 6.02. The number of benzene rings is 1. The van der Waals surface area contributed by atoms with Crippen molar-refractivity contribution in [3.8, 4) is 5.75 Å². The molecule has 4 rings (SSSR count). The molecule has 1 spiro atoms. The van der Waals surface area contributed by atoms with Crippen molar-refractivity contribution in [1.82, 2.24) is 0 Å². The number of fused-ring (bicyclic) bond motifs is 4. The first kappa shape index (κ1) is 13.6. The maximum atomic E-state index is 11.8. The Bertz CT molecular complexity index is 663. The molecule has 1 aromatic rings. The maximum absolute atomic E-state index is 11.8. The molecule has 1 aromatic carbocycles. The lowest BCUT2D eigenvalue weighted by Gasteiger charge is -2.46. The van der Waals surface area contributed by atoms with Gasteiger partial charge in [0.05, 0.1) is 0 Å². The Balaban J connectivity index is 1.89. The van der Waals surface area contributed by atoms with E-state index >= 15 is 0 Å². The molecule has 110 valence electrons. The van der Waals surface area contributed by atoms with Gasteiger partial charge in [0.25, 0.3) is 0 Å². The van der Waals surface area contributed by atoms with E-state index in [-0.39, 0.29) is 23.3 Å². The van der Waals surface area contributed by atoms with Crippen LogP contribution in [-0.2, 0) is 10.3 Å². The third-order valence-corrected chi connectivity index (χ3v) is 6.13. The molecule has 0 aromatic heterocycles. The molecule has 1 aliphatic carbocycles. The molecule has 0 amide bonds. The first-order valence-corrected chi connectivity index (χ1v) is 8.83. The molecule has 1 fully saturated rings. The van der Waals surface area contributed by atoms with Crippen molar-refractivity contribution in [3.05, 3.63) is 28.2 Å².